The van der Waals surface area contributed by atoms with Crippen LogP contribution in [0, 0.1) is 17.0 Å². The number of aryl methyl sites for hydroxylation is 1. The summed E-state index contributed by atoms with van der Waals surface area (Å²) in [4.78, 5) is 25.6. The molecule has 32 heavy (non-hydrogen) atoms. The number of hydrogen-bond acceptors (Lipinski definition) is 4. The average Bonchev–Trinajstić information content (AvgIpc) is 2.75. The number of nitro benzene ring substituents is 1. The largest absolute Gasteiger partial charge is 0.483 e. The lowest BCUT2D eigenvalue weighted by atomic mass is 9.86. The van der Waals surface area contributed by atoms with Gasteiger partial charge >= 0.3 is 0 Å². The quantitative estimate of drug-likeness (QED) is 0.349. The highest BCUT2D eigenvalue weighted by atomic mass is 16.6. The second kappa shape index (κ2) is 9.64. The SMILES string of the molecule is Cc1ccc(C(C)(C)C)c(OCC(=O)N(Cc2ccccc2)c2cccc([N+](=O)[O-])c2)c1. The van der Waals surface area contributed by atoms with Crippen LogP contribution in [0.5, 0.6) is 5.75 Å². The van der Waals surface area contributed by atoms with Gasteiger partial charge in [0.2, 0.25) is 0 Å². The molecule has 6 heteroatoms. The fourth-order valence-corrected chi connectivity index (χ4v) is 3.45. The van der Waals surface area contributed by atoms with Gasteiger partial charge in [0.25, 0.3) is 11.6 Å². The molecule has 0 N–H and O–H groups in total. The van der Waals surface area contributed by atoms with Gasteiger partial charge in [0.15, 0.2) is 6.61 Å². The molecule has 3 rings (SSSR count). The molecule has 3 aromatic rings. The van der Waals surface area contributed by atoms with E-state index in [2.05, 4.69) is 20.8 Å². The fraction of sp³-hybridized carbons (Fsp3) is 0.269. The Bertz CT molecular complexity index is 1100. The topological polar surface area (TPSA) is 72.7 Å². The zero-order chi connectivity index (χ0) is 23.3. The molecule has 0 radical (unpaired) electrons. The summed E-state index contributed by atoms with van der Waals surface area (Å²) in [6.07, 6.45) is 0. The Hall–Kier alpha value is -3.67. The van der Waals surface area contributed by atoms with Crippen molar-refractivity contribution in [2.45, 2.75) is 39.7 Å². The number of carbonyl (C=O) groups is 1. The molecule has 0 bridgehead atoms. The predicted octanol–water partition coefficient (Wildman–Crippen LogP) is 5.81. The van der Waals surface area contributed by atoms with Gasteiger partial charge in [-0.25, -0.2) is 0 Å². The molecule has 0 aliphatic heterocycles. The Morgan fingerprint density at radius 1 is 1.00 bits per heavy atom. The number of ether oxygens (including phenoxy) is 1. The van der Waals surface area contributed by atoms with E-state index in [4.69, 9.17) is 4.74 Å². The van der Waals surface area contributed by atoms with Gasteiger partial charge in [0, 0.05) is 12.1 Å². The summed E-state index contributed by atoms with van der Waals surface area (Å²) in [6.45, 7) is 8.36. The summed E-state index contributed by atoms with van der Waals surface area (Å²) in [5.41, 5.74) is 3.22. The molecular weight excluding hydrogens is 404 g/mol. The third-order valence-electron chi connectivity index (χ3n) is 5.13. The summed E-state index contributed by atoms with van der Waals surface area (Å²) in [5.74, 6) is 0.389. The molecule has 0 unspecified atom stereocenters. The van der Waals surface area contributed by atoms with Crippen LogP contribution in [0.15, 0.2) is 72.8 Å². The minimum absolute atomic E-state index is 0.0667. The minimum atomic E-state index is -0.465. The smallest absolute Gasteiger partial charge is 0.271 e. The lowest BCUT2D eigenvalue weighted by molar-refractivity contribution is -0.384. The molecule has 0 atom stereocenters. The molecule has 0 aliphatic carbocycles. The van der Waals surface area contributed by atoms with E-state index >= 15 is 0 Å². The van der Waals surface area contributed by atoms with Crippen molar-refractivity contribution in [3.63, 3.8) is 0 Å². The van der Waals surface area contributed by atoms with Crippen LogP contribution >= 0.6 is 0 Å². The Morgan fingerprint density at radius 2 is 1.72 bits per heavy atom. The second-order valence-corrected chi connectivity index (χ2v) is 8.78. The van der Waals surface area contributed by atoms with Crippen molar-refractivity contribution in [1.82, 2.24) is 0 Å². The number of carbonyl (C=O) groups excluding carboxylic acids is 1. The van der Waals surface area contributed by atoms with Crippen molar-refractivity contribution < 1.29 is 14.5 Å². The van der Waals surface area contributed by atoms with E-state index in [1.54, 1.807) is 12.1 Å². The number of hydrogen-bond donors (Lipinski definition) is 0. The summed E-state index contributed by atoms with van der Waals surface area (Å²) in [7, 11) is 0. The van der Waals surface area contributed by atoms with Gasteiger partial charge in [-0.05, 0) is 41.2 Å². The molecule has 0 heterocycles. The first kappa shape index (κ1) is 23.0. The van der Waals surface area contributed by atoms with E-state index < -0.39 is 4.92 Å². The van der Waals surface area contributed by atoms with Crippen LogP contribution < -0.4 is 9.64 Å². The fourth-order valence-electron chi connectivity index (χ4n) is 3.45. The highest BCUT2D eigenvalue weighted by Gasteiger charge is 2.22. The van der Waals surface area contributed by atoms with E-state index in [-0.39, 0.29) is 30.2 Å². The summed E-state index contributed by atoms with van der Waals surface area (Å²) in [6, 6.07) is 21.6. The molecule has 0 aliphatic rings. The predicted molar refractivity (Wildman–Crippen MR) is 126 cm³/mol. The molecular formula is C26H28N2O4. The number of nitrogens with zero attached hydrogens (tertiary/aromatic N) is 2. The summed E-state index contributed by atoms with van der Waals surface area (Å²) >= 11 is 0. The van der Waals surface area contributed by atoms with Gasteiger partial charge < -0.3 is 9.64 Å². The maximum absolute atomic E-state index is 13.3. The molecule has 166 valence electrons. The second-order valence-electron chi connectivity index (χ2n) is 8.78. The maximum atomic E-state index is 13.3. The van der Waals surface area contributed by atoms with Crippen molar-refractivity contribution in [3.05, 3.63) is 99.6 Å². The van der Waals surface area contributed by atoms with Gasteiger partial charge in [-0.3, -0.25) is 14.9 Å². The monoisotopic (exact) mass is 432 g/mol. The highest BCUT2D eigenvalue weighted by molar-refractivity contribution is 5.94. The zero-order valence-corrected chi connectivity index (χ0v) is 18.9. The van der Waals surface area contributed by atoms with Crippen LogP contribution in [0.2, 0.25) is 0 Å². The van der Waals surface area contributed by atoms with E-state index in [1.165, 1.54) is 17.0 Å². The van der Waals surface area contributed by atoms with Gasteiger partial charge in [-0.15, -0.1) is 0 Å². The number of non-ortho nitro benzene ring substituents is 1. The van der Waals surface area contributed by atoms with Gasteiger partial charge in [0.1, 0.15) is 5.75 Å². The Balaban J connectivity index is 1.89. The lowest BCUT2D eigenvalue weighted by Crippen LogP contribution is -2.34. The zero-order valence-electron chi connectivity index (χ0n) is 18.9. The van der Waals surface area contributed by atoms with E-state index in [9.17, 15) is 14.9 Å². The van der Waals surface area contributed by atoms with Crippen LogP contribution in [0.25, 0.3) is 0 Å². The molecule has 0 saturated carbocycles. The van der Waals surface area contributed by atoms with Crippen LogP contribution in [0.3, 0.4) is 0 Å². The Morgan fingerprint density at radius 3 is 2.38 bits per heavy atom. The van der Waals surface area contributed by atoms with Crippen LogP contribution in [0.1, 0.15) is 37.5 Å². The maximum Gasteiger partial charge on any atom is 0.271 e. The van der Waals surface area contributed by atoms with Gasteiger partial charge in [-0.2, -0.15) is 0 Å². The van der Waals surface area contributed by atoms with Crippen LogP contribution in [0.4, 0.5) is 11.4 Å². The van der Waals surface area contributed by atoms with Crippen molar-refractivity contribution in [2.24, 2.45) is 0 Å². The Labute approximate surface area is 188 Å². The number of nitro groups is 1. The molecule has 0 saturated heterocycles. The van der Waals surface area contributed by atoms with Gasteiger partial charge in [-0.1, -0.05) is 69.3 Å². The van der Waals surface area contributed by atoms with Crippen LogP contribution in [-0.2, 0) is 16.8 Å². The first-order valence-electron chi connectivity index (χ1n) is 10.5. The molecule has 6 nitrogen and oxygen atoms in total. The third-order valence-corrected chi connectivity index (χ3v) is 5.13. The van der Waals surface area contributed by atoms with E-state index in [1.807, 2.05) is 55.5 Å². The van der Waals surface area contributed by atoms with Gasteiger partial charge in [0.05, 0.1) is 17.2 Å². The van der Waals surface area contributed by atoms with E-state index in [0.717, 1.165) is 16.7 Å². The lowest BCUT2D eigenvalue weighted by Gasteiger charge is -2.25. The third kappa shape index (κ3) is 5.72. The van der Waals surface area contributed by atoms with Crippen LogP contribution in [-0.4, -0.2) is 17.4 Å². The molecule has 0 fully saturated rings. The first-order valence-corrected chi connectivity index (χ1v) is 10.5. The number of amides is 1. The molecule has 0 spiro atoms. The summed E-state index contributed by atoms with van der Waals surface area (Å²) < 4.78 is 6.00. The highest BCUT2D eigenvalue weighted by Crippen LogP contribution is 2.32. The number of benzene rings is 3. The average molecular weight is 433 g/mol. The van der Waals surface area contributed by atoms with Crippen molar-refractivity contribution in [1.29, 1.82) is 0 Å². The van der Waals surface area contributed by atoms with Crippen molar-refractivity contribution in [2.75, 3.05) is 11.5 Å². The molecule has 0 aromatic heterocycles. The first-order chi connectivity index (χ1) is 15.1. The normalized spacial score (nSPS) is 11.1. The molecule has 1 amide bonds. The van der Waals surface area contributed by atoms with Crippen molar-refractivity contribution in [3.8, 4) is 5.75 Å². The molecule has 3 aromatic carbocycles. The minimum Gasteiger partial charge on any atom is -0.483 e. The summed E-state index contributed by atoms with van der Waals surface area (Å²) in [5, 5.41) is 11.3. The Kier molecular flexibility index (Phi) is 6.93. The number of anilines is 1. The standard InChI is InChI=1S/C26H28N2O4/c1-19-13-14-23(26(2,3)4)24(15-19)32-18-25(29)27(17-20-9-6-5-7-10-20)21-11-8-12-22(16-21)28(30)31/h5-16H,17-18H2,1-4H3. The van der Waals surface area contributed by atoms with E-state index in [0.29, 0.717) is 11.4 Å². The number of rotatable bonds is 7. The van der Waals surface area contributed by atoms with Crippen molar-refractivity contribution >= 4 is 17.3 Å².